The molecule has 0 radical (unpaired) electrons. The standard InChI is InChI=1S/C17H13NO6S/c19-17(20)15-10-11-16(24-15)23-14-9-5-4-8-13(14)18-25(21,22)12-6-2-1-3-7-12/h1-11,18H,(H,19,20). The molecule has 1 aromatic heterocycles. The molecule has 1 heterocycles. The summed E-state index contributed by atoms with van der Waals surface area (Å²) in [6.45, 7) is 0. The number of benzene rings is 2. The first-order valence-electron chi connectivity index (χ1n) is 7.13. The van der Waals surface area contributed by atoms with Gasteiger partial charge in [0, 0.05) is 6.07 Å². The van der Waals surface area contributed by atoms with E-state index in [1.54, 1.807) is 30.3 Å². The summed E-state index contributed by atoms with van der Waals surface area (Å²) in [4.78, 5) is 10.9. The fourth-order valence-electron chi connectivity index (χ4n) is 2.04. The van der Waals surface area contributed by atoms with Crippen molar-refractivity contribution in [1.29, 1.82) is 0 Å². The highest BCUT2D eigenvalue weighted by molar-refractivity contribution is 7.92. The molecule has 0 saturated carbocycles. The summed E-state index contributed by atoms with van der Waals surface area (Å²) in [6, 6.07) is 16.8. The van der Waals surface area contributed by atoms with Crippen LogP contribution < -0.4 is 9.46 Å². The molecule has 3 aromatic rings. The number of rotatable bonds is 6. The minimum absolute atomic E-state index is 0.0660. The molecule has 8 heteroatoms. The van der Waals surface area contributed by atoms with Gasteiger partial charge in [0.1, 0.15) is 0 Å². The normalized spacial score (nSPS) is 11.0. The van der Waals surface area contributed by atoms with Crippen LogP contribution in [0.15, 0.2) is 76.0 Å². The summed E-state index contributed by atoms with van der Waals surface area (Å²) >= 11 is 0. The topological polar surface area (TPSA) is 106 Å². The molecule has 25 heavy (non-hydrogen) atoms. The van der Waals surface area contributed by atoms with Crippen molar-refractivity contribution in [3.63, 3.8) is 0 Å². The van der Waals surface area contributed by atoms with E-state index < -0.39 is 16.0 Å². The Kier molecular flexibility index (Phi) is 4.44. The number of carboxylic acid groups (broad SMARTS) is 1. The lowest BCUT2D eigenvalue weighted by Crippen LogP contribution is -2.13. The highest BCUT2D eigenvalue weighted by atomic mass is 32.2. The largest absolute Gasteiger partial charge is 0.475 e. The number of sulfonamides is 1. The second-order valence-corrected chi connectivity index (χ2v) is 6.62. The Morgan fingerprint density at radius 1 is 0.960 bits per heavy atom. The molecule has 0 unspecified atom stereocenters. The van der Waals surface area contributed by atoms with Crippen LogP contribution in [-0.2, 0) is 10.0 Å². The number of carboxylic acids is 1. The van der Waals surface area contributed by atoms with Crippen molar-refractivity contribution in [2.24, 2.45) is 0 Å². The number of para-hydroxylation sites is 2. The summed E-state index contributed by atoms with van der Waals surface area (Å²) in [5.74, 6) is -1.40. The molecule has 0 aliphatic rings. The maximum atomic E-state index is 12.4. The van der Waals surface area contributed by atoms with Gasteiger partial charge < -0.3 is 14.3 Å². The molecular weight excluding hydrogens is 346 g/mol. The molecule has 0 saturated heterocycles. The van der Waals surface area contributed by atoms with Crippen molar-refractivity contribution in [1.82, 2.24) is 0 Å². The van der Waals surface area contributed by atoms with Crippen molar-refractivity contribution in [2.45, 2.75) is 4.90 Å². The molecule has 0 fully saturated rings. The van der Waals surface area contributed by atoms with Crippen LogP contribution in [0.2, 0.25) is 0 Å². The van der Waals surface area contributed by atoms with E-state index in [1.165, 1.54) is 36.4 Å². The van der Waals surface area contributed by atoms with Crippen LogP contribution in [0.25, 0.3) is 0 Å². The van der Waals surface area contributed by atoms with Crippen molar-refractivity contribution < 1.29 is 27.5 Å². The minimum atomic E-state index is -3.79. The van der Waals surface area contributed by atoms with E-state index in [0.29, 0.717) is 0 Å². The smallest absolute Gasteiger partial charge is 0.371 e. The van der Waals surface area contributed by atoms with Gasteiger partial charge in [-0.1, -0.05) is 30.3 Å². The predicted molar refractivity (Wildman–Crippen MR) is 89.4 cm³/mol. The number of hydrogen-bond acceptors (Lipinski definition) is 5. The number of anilines is 1. The van der Waals surface area contributed by atoms with Crippen molar-refractivity contribution in [2.75, 3.05) is 4.72 Å². The van der Waals surface area contributed by atoms with Crippen LogP contribution in [0.4, 0.5) is 5.69 Å². The van der Waals surface area contributed by atoms with E-state index in [0.717, 1.165) is 0 Å². The lowest BCUT2D eigenvalue weighted by Gasteiger charge is -2.12. The number of nitrogens with one attached hydrogen (secondary N) is 1. The zero-order chi connectivity index (χ0) is 17.9. The minimum Gasteiger partial charge on any atom is -0.475 e. The Morgan fingerprint density at radius 3 is 2.32 bits per heavy atom. The summed E-state index contributed by atoms with van der Waals surface area (Å²) in [5, 5.41) is 8.86. The Morgan fingerprint density at radius 2 is 1.64 bits per heavy atom. The Balaban J connectivity index is 1.87. The third kappa shape index (κ3) is 3.81. The summed E-state index contributed by atoms with van der Waals surface area (Å²) in [5.41, 5.74) is 0.194. The Bertz CT molecular complexity index is 995. The summed E-state index contributed by atoms with van der Waals surface area (Å²) in [6.07, 6.45) is 0. The molecule has 0 bridgehead atoms. The quantitative estimate of drug-likeness (QED) is 0.697. The van der Waals surface area contributed by atoms with E-state index >= 15 is 0 Å². The number of hydrogen-bond donors (Lipinski definition) is 2. The number of furan rings is 1. The molecule has 2 aromatic carbocycles. The maximum absolute atomic E-state index is 12.4. The summed E-state index contributed by atoms with van der Waals surface area (Å²) in [7, 11) is -3.79. The van der Waals surface area contributed by atoms with E-state index in [1.807, 2.05) is 0 Å². The molecule has 0 atom stereocenters. The van der Waals surface area contributed by atoms with Gasteiger partial charge in [-0.25, -0.2) is 13.2 Å². The first-order chi connectivity index (χ1) is 12.0. The molecule has 128 valence electrons. The van der Waals surface area contributed by atoms with Crippen molar-refractivity contribution >= 4 is 21.7 Å². The molecule has 3 rings (SSSR count). The number of carbonyl (C=O) groups is 1. The highest BCUT2D eigenvalue weighted by Crippen LogP contribution is 2.31. The molecule has 0 aliphatic heterocycles. The lowest BCUT2D eigenvalue weighted by molar-refractivity contribution is 0.0657. The second-order valence-electron chi connectivity index (χ2n) is 4.94. The molecule has 2 N–H and O–H groups in total. The zero-order valence-corrected chi connectivity index (χ0v) is 13.6. The van der Waals surface area contributed by atoms with Crippen LogP contribution >= 0.6 is 0 Å². The fourth-order valence-corrected chi connectivity index (χ4v) is 3.13. The zero-order valence-electron chi connectivity index (χ0n) is 12.7. The Hall–Kier alpha value is -3.26. The predicted octanol–water partition coefficient (Wildman–Crippen LogP) is 3.57. The van der Waals surface area contributed by atoms with Gasteiger partial charge in [-0.3, -0.25) is 4.72 Å². The van der Waals surface area contributed by atoms with Gasteiger partial charge in [-0.2, -0.15) is 0 Å². The van der Waals surface area contributed by atoms with Crippen LogP contribution in [0.5, 0.6) is 11.7 Å². The van der Waals surface area contributed by atoms with E-state index in [4.69, 9.17) is 14.3 Å². The van der Waals surface area contributed by atoms with Gasteiger partial charge >= 0.3 is 5.97 Å². The SMILES string of the molecule is O=C(O)c1ccc(Oc2ccccc2NS(=O)(=O)c2ccccc2)o1. The van der Waals surface area contributed by atoms with Crippen LogP contribution in [0.3, 0.4) is 0 Å². The lowest BCUT2D eigenvalue weighted by atomic mass is 10.3. The van der Waals surface area contributed by atoms with Crippen molar-refractivity contribution in [3.8, 4) is 11.7 Å². The molecule has 0 amide bonds. The molecule has 0 aliphatic carbocycles. The van der Waals surface area contributed by atoms with Gasteiger partial charge in [0.25, 0.3) is 16.0 Å². The maximum Gasteiger partial charge on any atom is 0.371 e. The van der Waals surface area contributed by atoms with Gasteiger partial charge in [-0.15, -0.1) is 0 Å². The van der Waals surface area contributed by atoms with Gasteiger partial charge in [0.05, 0.1) is 10.6 Å². The highest BCUT2D eigenvalue weighted by Gasteiger charge is 2.17. The van der Waals surface area contributed by atoms with Crippen LogP contribution in [0, 0.1) is 0 Å². The molecular formula is C17H13NO6S. The molecule has 7 nitrogen and oxygen atoms in total. The van der Waals surface area contributed by atoms with Crippen LogP contribution in [-0.4, -0.2) is 19.5 Å². The molecule has 0 spiro atoms. The first kappa shape index (κ1) is 16.6. The third-order valence-corrected chi connectivity index (χ3v) is 4.57. The van der Waals surface area contributed by atoms with Gasteiger partial charge in [0.2, 0.25) is 5.76 Å². The average molecular weight is 359 g/mol. The fraction of sp³-hybridized carbons (Fsp3) is 0. The number of aromatic carboxylic acids is 1. The third-order valence-electron chi connectivity index (χ3n) is 3.19. The van der Waals surface area contributed by atoms with Gasteiger partial charge in [0.15, 0.2) is 5.75 Å². The van der Waals surface area contributed by atoms with Crippen LogP contribution in [0.1, 0.15) is 10.6 Å². The van der Waals surface area contributed by atoms with E-state index in [9.17, 15) is 13.2 Å². The van der Waals surface area contributed by atoms with E-state index in [-0.39, 0.29) is 28.0 Å². The Labute approximate surface area is 143 Å². The van der Waals surface area contributed by atoms with Crippen molar-refractivity contribution in [3.05, 3.63) is 72.5 Å². The van der Waals surface area contributed by atoms with Gasteiger partial charge in [-0.05, 0) is 30.3 Å². The second kappa shape index (κ2) is 6.70. The number of ether oxygens (including phenoxy) is 1. The summed E-state index contributed by atoms with van der Waals surface area (Å²) < 4.78 is 37.8. The average Bonchev–Trinajstić information content (AvgIpc) is 3.06. The monoisotopic (exact) mass is 359 g/mol. The first-order valence-corrected chi connectivity index (χ1v) is 8.62. The van der Waals surface area contributed by atoms with E-state index in [2.05, 4.69) is 4.72 Å².